The second kappa shape index (κ2) is 4.71. The van der Waals surface area contributed by atoms with E-state index in [1.165, 1.54) is 0 Å². The van der Waals surface area contributed by atoms with Gasteiger partial charge in [0, 0.05) is 30.4 Å². The maximum Gasteiger partial charge on any atom is 0.231 e. The fourth-order valence-electron chi connectivity index (χ4n) is 6.50. The molecule has 5 rings (SSSR count). The predicted octanol–water partition coefficient (Wildman–Crippen LogP) is 3.21. The van der Waals surface area contributed by atoms with E-state index in [-0.39, 0.29) is 29.8 Å². The van der Waals surface area contributed by atoms with E-state index in [2.05, 4.69) is 13.5 Å². The highest BCUT2D eigenvalue weighted by molar-refractivity contribution is 6.02. The van der Waals surface area contributed by atoms with Crippen LogP contribution in [0.1, 0.15) is 24.8 Å². The zero-order chi connectivity index (χ0) is 18.3. The Morgan fingerprint density at radius 1 is 1.31 bits per heavy atom. The first-order chi connectivity index (χ1) is 12.5. The van der Waals surface area contributed by atoms with E-state index in [4.69, 9.17) is 18.9 Å². The number of carbonyl (C=O) groups excluding carboxylic acids is 1. The largest absolute Gasteiger partial charge is 0.498 e. The van der Waals surface area contributed by atoms with Gasteiger partial charge in [0.15, 0.2) is 17.3 Å². The summed E-state index contributed by atoms with van der Waals surface area (Å²) in [5.41, 5.74) is -0.220. The van der Waals surface area contributed by atoms with Gasteiger partial charge < -0.3 is 18.9 Å². The minimum absolute atomic E-state index is 0.00356. The normalized spacial score (nSPS) is 41.0. The van der Waals surface area contributed by atoms with Crippen molar-refractivity contribution < 1.29 is 23.7 Å². The zero-order valence-electron chi connectivity index (χ0n) is 15.2. The first kappa shape index (κ1) is 15.9. The van der Waals surface area contributed by atoms with Crippen LogP contribution in [0.3, 0.4) is 0 Å². The third kappa shape index (κ3) is 1.36. The summed E-state index contributed by atoms with van der Waals surface area (Å²) in [6, 6.07) is 5.98. The summed E-state index contributed by atoms with van der Waals surface area (Å²) in [5, 5.41) is 0. The lowest BCUT2D eigenvalue weighted by atomic mass is 9.49. The minimum Gasteiger partial charge on any atom is -0.498 e. The molecule has 2 fully saturated rings. The Kier molecular flexibility index (Phi) is 2.89. The Labute approximate surface area is 152 Å². The van der Waals surface area contributed by atoms with Crippen molar-refractivity contribution in [1.82, 2.24) is 0 Å². The number of ketones is 1. The fraction of sp³-hybridized carbons (Fsp3) is 0.476. The lowest BCUT2D eigenvalue weighted by Gasteiger charge is -2.51. The second-order valence-corrected chi connectivity index (χ2v) is 7.81. The molecule has 1 aromatic carbocycles. The number of hydrogen-bond donors (Lipinski definition) is 0. The first-order valence-corrected chi connectivity index (χ1v) is 8.88. The van der Waals surface area contributed by atoms with Crippen molar-refractivity contribution in [3.8, 4) is 11.5 Å². The molecule has 5 atom stereocenters. The number of methoxy groups -OCH3 is 2. The summed E-state index contributed by atoms with van der Waals surface area (Å²) in [6.45, 7) is 6.35. The Bertz CT molecular complexity index is 873. The summed E-state index contributed by atoms with van der Waals surface area (Å²) in [6.07, 6.45) is 4.10. The van der Waals surface area contributed by atoms with Crippen LogP contribution >= 0.6 is 0 Å². The molecule has 0 spiro atoms. The number of carbonyl (C=O) groups is 1. The lowest BCUT2D eigenvalue weighted by molar-refractivity contribution is -0.135. The monoisotopic (exact) mass is 354 g/mol. The first-order valence-electron chi connectivity index (χ1n) is 8.88. The molecule has 0 amide bonds. The van der Waals surface area contributed by atoms with Gasteiger partial charge in [0.1, 0.15) is 11.4 Å². The van der Waals surface area contributed by atoms with Crippen LogP contribution in [-0.2, 0) is 14.3 Å². The van der Waals surface area contributed by atoms with Gasteiger partial charge in [0.2, 0.25) is 6.79 Å². The van der Waals surface area contributed by atoms with Crippen molar-refractivity contribution in [2.24, 2.45) is 16.7 Å². The van der Waals surface area contributed by atoms with Crippen LogP contribution in [0.15, 0.2) is 42.7 Å². The smallest absolute Gasteiger partial charge is 0.231 e. The molecule has 0 unspecified atom stereocenters. The van der Waals surface area contributed by atoms with E-state index in [0.717, 1.165) is 17.1 Å². The molecule has 3 aliphatic carbocycles. The van der Waals surface area contributed by atoms with Crippen LogP contribution in [0.5, 0.6) is 11.5 Å². The van der Waals surface area contributed by atoms with Crippen LogP contribution in [0.4, 0.5) is 0 Å². The topological polar surface area (TPSA) is 54.0 Å². The zero-order valence-corrected chi connectivity index (χ0v) is 15.2. The SMILES string of the molecule is C=CC[C@]12C(=O)C=C(OC)[C@]3(OC)[C@H]1[C@]3(C)[C@H]2c1ccc2c(c1)OCO2. The highest BCUT2D eigenvalue weighted by atomic mass is 16.7. The molecule has 5 nitrogen and oxygen atoms in total. The van der Waals surface area contributed by atoms with Crippen LogP contribution < -0.4 is 9.47 Å². The van der Waals surface area contributed by atoms with Crippen molar-refractivity contribution >= 4 is 5.78 Å². The fourth-order valence-corrected chi connectivity index (χ4v) is 6.50. The maximum absolute atomic E-state index is 13.3. The molecule has 2 saturated carbocycles. The number of fused-ring (bicyclic) bond motifs is 2. The Morgan fingerprint density at radius 2 is 2.08 bits per heavy atom. The van der Waals surface area contributed by atoms with E-state index >= 15 is 0 Å². The van der Waals surface area contributed by atoms with E-state index in [1.54, 1.807) is 20.3 Å². The molecule has 26 heavy (non-hydrogen) atoms. The van der Waals surface area contributed by atoms with Crippen molar-refractivity contribution in [3.05, 3.63) is 48.3 Å². The second-order valence-electron chi connectivity index (χ2n) is 7.81. The van der Waals surface area contributed by atoms with E-state index < -0.39 is 11.0 Å². The molecule has 4 aliphatic rings. The van der Waals surface area contributed by atoms with Gasteiger partial charge >= 0.3 is 0 Å². The van der Waals surface area contributed by atoms with Gasteiger partial charge in [-0.05, 0) is 24.1 Å². The van der Waals surface area contributed by atoms with Gasteiger partial charge in [0.05, 0.1) is 12.5 Å². The highest BCUT2D eigenvalue weighted by Gasteiger charge is 2.97. The van der Waals surface area contributed by atoms with Crippen LogP contribution in [-0.4, -0.2) is 32.4 Å². The average molecular weight is 354 g/mol. The van der Waals surface area contributed by atoms with Gasteiger partial charge in [-0.1, -0.05) is 19.1 Å². The molecule has 1 aromatic rings. The third-order valence-electron chi connectivity index (χ3n) is 7.19. The molecule has 1 aliphatic heterocycles. The number of allylic oxidation sites excluding steroid dienone is 2. The molecule has 0 saturated heterocycles. The van der Waals surface area contributed by atoms with Crippen molar-refractivity contribution in [1.29, 1.82) is 0 Å². The van der Waals surface area contributed by atoms with E-state index in [9.17, 15) is 4.79 Å². The average Bonchev–Trinajstić information content (AvgIpc) is 2.93. The Hall–Kier alpha value is -2.27. The van der Waals surface area contributed by atoms with E-state index in [0.29, 0.717) is 12.2 Å². The minimum atomic E-state index is -0.556. The summed E-state index contributed by atoms with van der Waals surface area (Å²) in [5.74, 6) is 2.31. The van der Waals surface area contributed by atoms with Gasteiger partial charge in [-0.2, -0.15) is 0 Å². The number of benzene rings is 1. The van der Waals surface area contributed by atoms with Gasteiger partial charge in [-0.25, -0.2) is 0 Å². The maximum atomic E-state index is 13.3. The predicted molar refractivity (Wildman–Crippen MR) is 94.0 cm³/mol. The number of ether oxygens (including phenoxy) is 4. The van der Waals surface area contributed by atoms with E-state index in [1.807, 2.05) is 24.3 Å². The molecule has 136 valence electrons. The molecule has 0 N–H and O–H groups in total. The van der Waals surface area contributed by atoms with Crippen LogP contribution in [0.25, 0.3) is 0 Å². The number of rotatable bonds is 5. The molecule has 5 heteroatoms. The van der Waals surface area contributed by atoms with Crippen molar-refractivity contribution in [2.45, 2.75) is 24.9 Å². The van der Waals surface area contributed by atoms with Gasteiger partial charge in [-0.15, -0.1) is 6.58 Å². The number of hydrogen-bond acceptors (Lipinski definition) is 5. The Balaban J connectivity index is 1.70. The third-order valence-corrected chi connectivity index (χ3v) is 7.19. The van der Waals surface area contributed by atoms with Crippen LogP contribution in [0, 0.1) is 16.7 Å². The quantitative estimate of drug-likeness (QED) is 0.760. The summed E-state index contributed by atoms with van der Waals surface area (Å²) >= 11 is 0. The van der Waals surface area contributed by atoms with Gasteiger partial charge in [0.25, 0.3) is 0 Å². The molecule has 0 bridgehead atoms. The summed E-state index contributed by atoms with van der Waals surface area (Å²) in [7, 11) is 3.32. The lowest BCUT2D eigenvalue weighted by Crippen LogP contribution is -2.51. The summed E-state index contributed by atoms with van der Waals surface area (Å²) < 4.78 is 22.7. The molecule has 0 aromatic heterocycles. The standard InChI is InChI=1S/C21H22O5/c1-5-8-20-15(22)10-16(23-3)21(24-4)18(20)19(21,2)17(20)12-6-7-13-14(9-12)26-11-25-13/h5-7,9-10,17-18H,1,8,11H2,2-4H3/t17-,18+,19+,20-,21+/m1/s1. The molecular weight excluding hydrogens is 332 g/mol. The summed E-state index contributed by atoms with van der Waals surface area (Å²) in [4.78, 5) is 13.3. The van der Waals surface area contributed by atoms with Crippen molar-refractivity contribution in [3.63, 3.8) is 0 Å². The molecular formula is C21H22O5. The van der Waals surface area contributed by atoms with Gasteiger partial charge in [-0.3, -0.25) is 4.79 Å². The highest BCUT2D eigenvalue weighted by Crippen LogP contribution is 2.92. The van der Waals surface area contributed by atoms with Crippen molar-refractivity contribution in [2.75, 3.05) is 21.0 Å². The molecule has 0 radical (unpaired) electrons. The Morgan fingerprint density at radius 3 is 2.77 bits per heavy atom. The molecule has 1 heterocycles. The van der Waals surface area contributed by atoms with Crippen LogP contribution in [0.2, 0.25) is 0 Å².